The lowest BCUT2D eigenvalue weighted by molar-refractivity contribution is -0.671. The third kappa shape index (κ3) is 2.24. The maximum Gasteiger partial charge on any atom is 0.213 e. The van der Waals surface area contributed by atoms with Crippen molar-refractivity contribution in [2.45, 2.75) is 77.0 Å². The summed E-state index contributed by atoms with van der Waals surface area (Å²) in [4.78, 5) is 0. The van der Waals surface area contributed by atoms with E-state index in [1.54, 1.807) is 16.8 Å². The first-order valence-corrected chi connectivity index (χ1v) is 9.71. The van der Waals surface area contributed by atoms with Gasteiger partial charge in [-0.25, -0.2) is 0 Å². The van der Waals surface area contributed by atoms with Crippen molar-refractivity contribution < 1.29 is 4.57 Å². The molecule has 25 heavy (non-hydrogen) atoms. The molecule has 0 saturated carbocycles. The van der Waals surface area contributed by atoms with Crippen molar-refractivity contribution >= 4 is 0 Å². The monoisotopic (exact) mass is 334 g/mol. The van der Waals surface area contributed by atoms with Gasteiger partial charge in [-0.2, -0.15) is 4.57 Å². The Bertz CT molecular complexity index is 872. The number of aryl methyl sites for hydroxylation is 1. The Morgan fingerprint density at radius 3 is 2.28 bits per heavy atom. The fraction of sp³-hybridized carbons (Fsp3) is 0.542. The molecule has 1 heterocycles. The number of aromatic nitrogens is 1. The zero-order chi connectivity index (χ0) is 18.2. The number of rotatable bonds is 1. The van der Waals surface area contributed by atoms with Gasteiger partial charge in [0, 0.05) is 22.6 Å². The minimum absolute atomic E-state index is 0.229. The summed E-state index contributed by atoms with van der Waals surface area (Å²) < 4.78 is 2.51. The van der Waals surface area contributed by atoms with E-state index in [0.717, 1.165) is 0 Å². The van der Waals surface area contributed by atoms with Gasteiger partial charge >= 0.3 is 0 Å². The van der Waals surface area contributed by atoms with Crippen LogP contribution >= 0.6 is 0 Å². The van der Waals surface area contributed by atoms with Crippen LogP contribution in [-0.2, 0) is 23.3 Å². The van der Waals surface area contributed by atoms with Crippen molar-refractivity contribution in [3.05, 3.63) is 52.7 Å². The highest BCUT2D eigenvalue weighted by Crippen LogP contribution is 2.58. The third-order valence-corrected chi connectivity index (χ3v) is 7.01. The second-order valence-electron chi connectivity index (χ2n) is 10.0. The van der Waals surface area contributed by atoms with Crippen molar-refractivity contribution in [3.8, 4) is 11.3 Å². The number of pyridine rings is 1. The maximum absolute atomic E-state index is 2.51. The van der Waals surface area contributed by atoms with Crippen molar-refractivity contribution in [2.24, 2.45) is 7.05 Å². The Balaban J connectivity index is 2.12. The van der Waals surface area contributed by atoms with E-state index in [1.807, 2.05) is 0 Å². The lowest BCUT2D eigenvalue weighted by atomic mass is 9.63. The predicted octanol–water partition coefficient (Wildman–Crippen LogP) is 5.50. The molecule has 0 bridgehead atoms. The topological polar surface area (TPSA) is 3.88 Å². The van der Waals surface area contributed by atoms with Gasteiger partial charge < -0.3 is 0 Å². The molecule has 1 heteroatoms. The summed E-state index contributed by atoms with van der Waals surface area (Å²) in [6.07, 6.45) is 3.86. The largest absolute Gasteiger partial charge is 0.213 e. The van der Waals surface area contributed by atoms with Gasteiger partial charge in [0.25, 0.3) is 0 Å². The summed E-state index contributed by atoms with van der Waals surface area (Å²) >= 11 is 0. The first-order chi connectivity index (χ1) is 11.6. The van der Waals surface area contributed by atoms with Crippen molar-refractivity contribution in [1.29, 1.82) is 0 Å². The Kier molecular flexibility index (Phi) is 3.34. The molecule has 2 aliphatic carbocycles. The molecule has 0 aliphatic heterocycles. The van der Waals surface area contributed by atoms with Crippen LogP contribution < -0.4 is 4.57 Å². The zero-order valence-electron chi connectivity index (χ0n) is 17.0. The highest BCUT2D eigenvalue weighted by atomic mass is 15.0. The van der Waals surface area contributed by atoms with Crippen LogP contribution in [0, 0.1) is 6.92 Å². The van der Waals surface area contributed by atoms with Crippen molar-refractivity contribution in [2.75, 3.05) is 0 Å². The molecule has 2 aromatic rings. The van der Waals surface area contributed by atoms with Crippen LogP contribution in [0.2, 0.25) is 0 Å². The van der Waals surface area contributed by atoms with Gasteiger partial charge in [0.1, 0.15) is 7.05 Å². The van der Waals surface area contributed by atoms with Crippen LogP contribution in [-0.4, -0.2) is 0 Å². The number of nitrogens with zero attached hydrogens (tertiary/aromatic N) is 1. The summed E-state index contributed by atoms with van der Waals surface area (Å²) in [5, 5.41) is 0. The molecule has 1 unspecified atom stereocenters. The smallest absolute Gasteiger partial charge is 0.198 e. The summed E-state index contributed by atoms with van der Waals surface area (Å²) in [5.74, 6) is 0. The number of hydrogen-bond acceptors (Lipinski definition) is 0. The molecule has 0 N–H and O–H groups in total. The lowest BCUT2D eigenvalue weighted by Crippen LogP contribution is -2.44. The van der Waals surface area contributed by atoms with Crippen LogP contribution in [0.25, 0.3) is 11.3 Å². The highest BCUT2D eigenvalue weighted by molar-refractivity contribution is 5.64. The summed E-state index contributed by atoms with van der Waals surface area (Å²) in [6.45, 7) is 14.5. The first kappa shape index (κ1) is 16.8. The van der Waals surface area contributed by atoms with E-state index in [4.69, 9.17) is 0 Å². The summed E-state index contributed by atoms with van der Waals surface area (Å²) in [7, 11) is 2.28. The summed E-state index contributed by atoms with van der Waals surface area (Å²) in [6, 6.07) is 11.3. The minimum atomic E-state index is 0.229. The molecule has 1 atom stereocenters. The SMILES string of the molecule is Cc1ccccc1-c1cc2c3c([n+]1C)C(C)(C)CC3(C)CCC2(C)C. The number of benzene rings is 1. The highest BCUT2D eigenvalue weighted by Gasteiger charge is 2.55. The quantitative estimate of drug-likeness (QED) is 0.607. The Hall–Kier alpha value is -1.63. The van der Waals surface area contributed by atoms with Gasteiger partial charge in [0.15, 0.2) is 5.69 Å². The second-order valence-corrected chi connectivity index (χ2v) is 10.0. The van der Waals surface area contributed by atoms with Gasteiger partial charge in [0.05, 0.1) is 5.41 Å². The van der Waals surface area contributed by atoms with Gasteiger partial charge in [-0.05, 0) is 62.6 Å². The van der Waals surface area contributed by atoms with E-state index in [1.165, 1.54) is 36.1 Å². The molecule has 0 saturated heterocycles. The van der Waals surface area contributed by atoms with Gasteiger partial charge in [-0.1, -0.05) is 39.0 Å². The van der Waals surface area contributed by atoms with E-state index in [-0.39, 0.29) is 10.8 Å². The fourth-order valence-electron chi connectivity index (χ4n) is 5.86. The van der Waals surface area contributed by atoms with E-state index in [0.29, 0.717) is 5.41 Å². The van der Waals surface area contributed by atoms with Gasteiger partial charge in [-0.3, -0.25) is 0 Å². The first-order valence-electron chi connectivity index (χ1n) is 9.71. The lowest BCUT2D eigenvalue weighted by Gasteiger charge is -2.40. The zero-order valence-corrected chi connectivity index (χ0v) is 17.0. The van der Waals surface area contributed by atoms with Gasteiger partial charge in [-0.15, -0.1) is 0 Å². The third-order valence-electron chi connectivity index (χ3n) is 7.01. The molecule has 132 valence electrons. The molecule has 1 nitrogen and oxygen atoms in total. The van der Waals surface area contributed by atoms with E-state index in [9.17, 15) is 0 Å². The molecule has 4 rings (SSSR count). The average Bonchev–Trinajstić information content (AvgIpc) is 2.74. The fourth-order valence-corrected chi connectivity index (χ4v) is 5.86. The second kappa shape index (κ2) is 4.96. The van der Waals surface area contributed by atoms with Crippen LogP contribution in [0.15, 0.2) is 30.3 Å². The molecule has 0 spiro atoms. The van der Waals surface area contributed by atoms with Crippen molar-refractivity contribution in [3.63, 3.8) is 0 Å². The van der Waals surface area contributed by atoms with Crippen molar-refractivity contribution in [1.82, 2.24) is 0 Å². The van der Waals surface area contributed by atoms with E-state index < -0.39 is 0 Å². The molecule has 1 aromatic heterocycles. The Morgan fingerprint density at radius 1 is 0.920 bits per heavy atom. The normalized spacial score (nSPS) is 25.7. The van der Waals surface area contributed by atoms with Crippen LogP contribution in [0.1, 0.15) is 76.3 Å². The van der Waals surface area contributed by atoms with Crippen LogP contribution in [0.3, 0.4) is 0 Å². The van der Waals surface area contributed by atoms with E-state index >= 15 is 0 Å². The average molecular weight is 335 g/mol. The molecule has 2 aliphatic rings. The van der Waals surface area contributed by atoms with E-state index in [2.05, 4.69) is 83.5 Å². The molecule has 0 amide bonds. The van der Waals surface area contributed by atoms with Crippen LogP contribution in [0.4, 0.5) is 0 Å². The number of hydrogen-bond donors (Lipinski definition) is 0. The van der Waals surface area contributed by atoms with Crippen LogP contribution in [0.5, 0.6) is 0 Å². The Labute approximate surface area is 153 Å². The molecule has 1 aromatic carbocycles. The predicted molar refractivity (Wildman–Crippen MR) is 105 cm³/mol. The standard InChI is InChI=1S/C24H32N/c1-16-10-8-9-11-17(16)19-14-18-20-21(25(19)7)23(4,5)15-24(20,6)13-12-22(18,2)3/h8-11,14H,12-13,15H2,1-7H3/q+1. The minimum Gasteiger partial charge on any atom is -0.198 e. The molecular weight excluding hydrogens is 302 g/mol. The van der Waals surface area contributed by atoms with Gasteiger partial charge in [0.2, 0.25) is 5.69 Å². The Morgan fingerprint density at radius 2 is 1.60 bits per heavy atom. The summed E-state index contributed by atoms with van der Waals surface area (Å²) in [5.41, 5.74) is 9.75. The molecule has 0 radical (unpaired) electrons. The maximum atomic E-state index is 2.51. The molecule has 0 fully saturated rings. The molecular formula is C24H32N+.